The second-order valence-electron chi connectivity index (χ2n) is 8.30. The summed E-state index contributed by atoms with van der Waals surface area (Å²) in [6, 6.07) is 13.3. The summed E-state index contributed by atoms with van der Waals surface area (Å²) in [6.07, 6.45) is -0.610. The number of methoxy groups -OCH3 is 1. The van der Waals surface area contributed by atoms with Crippen LogP contribution in [0.3, 0.4) is 0 Å². The summed E-state index contributed by atoms with van der Waals surface area (Å²) >= 11 is 0. The molecule has 1 amide bonds. The van der Waals surface area contributed by atoms with Crippen LogP contribution >= 0.6 is 0 Å². The number of anilines is 1. The van der Waals surface area contributed by atoms with E-state index in [-0.39, 0.29) is 12.5 Å². The number of imidazole rings is 1. The minimum atomic E-state index is -0.610. The van der Waals surface area contributed by atoms with Gasteiger partial charge >= 0.3 is 0 Å². The molecule has 176 valence electrons. The number of aliphatic hydroxyl groups excluding tert-OH is 1. The largest absolute Gasteiger partial charge is 0.493 e. The molecule has 0 spiro atoms. The number of hydrogen-bond acceptors (Lipinski definition) is 7. The number of rotatable bonds is 9. The lowest BCUT2D eigenvalue weighted by Gasteiger charge is -2.35. The van der Waals surface area contributed by atoms with Crippen LogP contribution in [-0.4, -0.2) is 89.9 Å². The summed E-state index contributed by atoms with van der Waals surface area (Å²) in [6.45, 7) is 6.10. The number of piperazine rings is 1. The summed E-state index contributed by atoms with van der Waals surface area (Å²) < 4.78 is 11.0. The molecule has 2 heterocycles. The number of aliphatic hydroxyl groups is 1. The van der Waals surface area contributed by atoms with Gasteiger partial charge in [-0.05, 0) is 30.7 Å². The first-order valence-electron chi connectivity index (χ1n) is 11.2. The number of hydrogen-bond donors (Lipinski definition) is 3. The van der Waals surface area contributed by atoms with E-state index in [4.69, 9.17) is 9.47 Å². The number of nitrogens with zero attached hydrogens (tertiary/aromatic N) is 3. The maximum absolute atomic E-state index is 12.5. The fourth-order valence-electron chi connectivity index (χ4n) is 4.01. The molecular weight excluding hydrogens is 422 g/mol. The molecule has 9 heteroatoms. The number of carbonyl (C=O) groups excluding carboxylic acids is 1. The Hall–Kier alpha value is -3.14. The third kappa shape index (κ3) is 6.01. The van der Waals surface area contributed by atoms with Gasteiger partial charge in [-0.2, -0.15) is 0 Å². The van der Waals surface area contributed by atoms with Crippen molar-refractivity contribution in [3.63, 3.8) is 0 Å². The molecule has 1 aliphatic heterocycles. The zero-order valence-corrected chi connectivity index (χ0v) is 19.1. The fraction of sp³-hybridized carbons (Fsp3) is 0.417. The van der Waals surface area contributed by atoms with Crippen molar-refractivity contribution in [3.8, 4) is 11.5 Å². The van der Waals surface area contributed by atoms with E-state index in [9.17, 15) is 9.90 Å². The zero-order valence-electron chi connectivity index (χ0n) is 19.1. The minimum Gasteiger partial charge on any atom is -0.493 e. The number of aromatic amines is 1. The molecule has 4 rings (SSSR count). The Balaban J connectivity index is 1.18. The first-order valence-corrected chi connectivity index (χ1v) is 11.2. The number of ether oxygens (including phenoxy) is 2. The summed E-state index contributed by atoms with van der Waals surface area (Å²) in [7, 11) is 1.59. The van der Waals surface area contributed by atoms with Crippen molar-refractivity contribution in [2.24, 2.45) is 0 Å². The standard InChI is InChI=1S/C24H31N5O4/c1-17-6-5-7-19-23(17)27-24(25-19)26-22(31)15-29-12-10-28(11-13-29)14-18(30)16-33-21-9-4-3-8-20(21)32-2/h3-9,18,30H,10-16H2,1-2H3,(H2,25,26,27,31). The Labute approximate surface area is 193 Å². The molecule has 1 saturated heterocycles. The molecule has 0 bridgehead atoms. The van der Waals surface area contributed by atoms with Crippen molar-refractivity contribution in [3.05, 3.63) is 48.0 Å². The summed E-state index contributed by atoms with van der Waals surface area (Å²) in [5.41, 5.74) is 2.85. The van der Waals surface area contributed by atoms with E-state index in [2.05, 4.69) is 25.1 Å². The lowest BCUT2D eigenvalue weighted by Crippen LogP contribution is -2.50. The second-order valence-corrected chi connectivity index (χ2v) is 8.30. The predicted molar refractivity (Wildman–Crippen MR) is 127 cm³/mol. The summed E-state index contributed by atoms with van der Waals surface area (Å²) in [5, 5.41) is 13.2. The minimum absolute atomic E-state index is 0.0922. The third-order valence-corrected chi connectivity index (χ3v) is 5.77. The Morgan fingerprint density at radius 3 is 2.58 bits per heavy atom. The van der Waals surface area contributed by atoms with Gasteiger partial charge in [0.2, 0.25) is 11.9 Å². The molecule has 1 aliphatic rings. The fourth-order valence-corrected chi connectivity index (χ4v) is 4.01. The maximum atomic E-state index is 12.5. The number of carbonyl (C=O) groups is 1. The number of para-hydroxylation sites is 3. The van der Waals surface area contributed by atoms with Gasteiger partial charge in [0.1, 0.15) is 12.7 Å². The molecule has 0 aliphatic carbocycles. The van der Waals surface area contributed by atoms with E-state index >= 15 is 0 Å². The van der Waals surface area contributed by atoms with Crippen molar-refractivity contribution in [2.75, 3.05) is 58.3 Å². The molecule has 3 aromatic rings. The van der Waals surface area contributed by atoms with E-state index in [1.165, 1.54) is 0 Å². The average molecular weight is 454 g/mol. The molecule has 1 aromatic heterocycles. The maximum Gasteiger partial charge on any atom is 0.240 e. The number of benzene rings is 2. The first-order chi connectivity index (χ1) is 16.0. The van der Waals surface area contributed by atoms with Crippen molar-refractivity contribution >= 4 is 22.9 Å². The van der Waals surface area contributed by atoms with Gasteiger partial charge in [0, 0.05) is 32.7 Å². The number of nitrogens with one attached hydrogen (secondary N) is 2. The third-order valence-electron chi connectivity index (χ3n) is 5.77. The molecule has 0 radical (unpaired) electrons. The van der Waals surface area contributed by atoms with E-state index in [0.717, 1.165) is 42.8 Å². The van der Waals surface area contributed by atoms with E-state index in [1.807, 2.05) is 49.4 Å². The Bertz CT molecular complexity index is 1080. The number of amides is 1. The highest BCUT2D eigenvalue weighted by atomic mass is 16.5. The SMILES string of the molecule is COc1ccccc1OCC(O)CN1CCN(CC(=O)Nc2nc3c(C)cccc3[nH]2)CC1. The molecule has 2 aromatic carbocycles. The lowest BCUT2D eigenvalue weighted by molar-refractivity contribution is -0.117. The highest BCUT2D eigenvalue weighted by Gasteiger charge is 2.21. The van der Waals surface area contributed by atoms with Crippen LogP contribution in [0.25, 0.3) is 11.0 Å². The monoisotopic (exact) mass is 453 g/mol. The molecule has 33 heavy (non-hydrogen) atoms. The lowest BCUT2D eigenvalue weighted by atomic mass is 10.2. The van der Waals surface area contributed by atoms with Gasteiger partial charge < -0.3 is 19.6 Å². The quantitative estimate of drug-likeness (QED) is 0.455. The summed E-state index contributed by atoms with van der Waals surface area (Å²) in [5.74, 6) is 1.65. The van der Waals surface area contributed by atoms with Crippen LogP contribution in [0.5, 0.6) is 11.5 Å². The Morgan fingerprint density at radius 1 is 1.12 bits per heavy atom. The normalized spacial score (nSPS) is 16.0. The van der Waals surface area contributed by atoms with Crippen molar-refractivity contribution in [1.82, 2.24) is 19.8 Å². The predicted octanol–water partition coefficient (Wildman–Crippen LogP) is 1.88. The second kappa shape index (κ2) is 10.7. The van der Waals surface area contributed by atoms with Gasteiger partial charge in [-0.3, -0.25) is 19.9 Å². The van der Waals surface area contributed by atoms with Crippen LogP contribution in [0.2, 0.25) is 0 Å². The van der Waals surface area contributed by atoms with Crippen LogP contribution in [0, 0.1) is 6.92 Å². The number of aromatic nitrogens is 2. The van der Waals surface area contributed by atoms with Crippen molar-refractivity contribution in [2.45, 2.75) is 13.0 Å². The van der Waals surface area contributed by atoms with Gasteiger partial charge in [-0.1, -0.05) is 24.3 Å². The van der Waals surface area contributed by atoms with Gasteiger partial charge in [0.15, 0.2) is 11.5 Å². The van der Waals surface area contributed by atoms with Crippen LogP contribution in [-0.2, 0) is 4.79 Å². The molecule has 1 unspecified atom stereocenters. The Kier molecular flexibility index (Phi) is 7.43. The van der Waals surface area contributed by atoms with Gasteiger partial charge in [0.05, 0.1) is 24.7 Å². The van der Waals surface area contributed by atoms with Crippen LogP contribution in [0.1, 0.15) is 5.56 Å². The molecule has 9 nitrogen and oxygen atoms in total. The zero-order chi connectivity index (χ0) is 23.2. The number of H-pyrrole nitrogens is 1. The number of β-amino-alcohol motifs (C(OH)–C–C–N with tert-alkyl or cyclic N) is 1. The number of fused-ring (bicyclic) bond motifs is 1. The molecule has 0 saturated carbocycles. The summed E-state index contributed by atoms with van der Waals surface area (Å²) in [4.78, 5) is 24.4. The van der Waals surface area contributed by atoms with Crippen LogP contribution in [0.4, 0.5) is 5.95 Å². The number of aryl methyl sites for hydroxylation is 1. The molecule has 1 fully saturated rings. The van der Waals surface area contributed by atoms with E-state index in [0.29, 0.717) is 30.5 Å². The van der Waals surface area contributed by atoms with Gasteiger partial charge in [0.25, 0.3) is 0 Å². The highest BCUT2D eigenvalue weighted by Crippen LogP contribution is 2.25. The van der Waals surface area contributed by atoms with Crippen molar-refractivity contribution < 1.29 is 19.4 Å². The Morgan fingerprint density at radius 2 is 1.85 bits per heavy atom. The molecule has 3 N–H and O–H groups in total. The highest BCUT2D eigenvalue weighted by molar-refractivity contribution is 5.92. The smallest absolute Gasteiger partial charge is 0.240 e. The topological polar surface area (TPSA) is 103 Å². The van der Waals surface area contributed by atoms with Crippen LogP contribution in [0.15, 0.2) is 42.5 Å². The van der Waals surface area contributed by atoms with Crippen molar-refractivity contribution in [1.29, 1.82) is 0 Å². The average Bonchev–Trinajstić information content (AvgIpc) is 3.23. The molecular formula is C24H31N5O4. The molecule has 1 atom stereocenters. The van der Waals surface area contributed by atoms with Gasteiger partial charge in [-0.25, -0.2) is 4.98 Å². The van der Waals surface area contributed by atoms with Gasteiger partial charge in [-0.15, -0.1) is 0 Å². The van der Waals surface area contributed by atoms with E-state index in [1.54, 1.807) is 7.11 Å². The van der Waals surface area contributed by atoms with Crippen LogP contribution < -0.4 is 14.8 Å². The van der Waals surface area contributed by atoms with E-state index < -0.39 is 6.10 Å². The first kappa shape index (κ1) is 23.0.